The summed E-state index contributed by atoms with van der Waals surface area (Å²) in [5, 5.41) is 0. The highest BCUT2D eigenvalue weighted by Crippen LogP contribution is 2.20. The lowest BCUT2D eigenvalue weighted by atomic mass is 10.0. The van der Waals surface area contributed by atoms with Crippen molar-refractivity contribution in [2.24, 2.45) is 5.73 Å². The second kappa shape index (κ2) is 12.1. The summed E-state index contributed by atoms with van der Waals surface area (Å²) in [7, 11) is 1.93. The Bertz CT molecular complexity index is 691. The normalized spacial score (nSPS) is 15.8. The number of carbonyl (C=O) groups is 1. The molecule has 0 aromatic heterocycles. The van der Waals surface area contributed by atoms with E-state index in [4.69, 9.17) is 5.73 Å². The average molecular weight is 424 g/mol. The van der Waals surface area contributed by atoms with Crippen molar-refractivity contribution in [3.8, 4) is 0 Å². The number of benzene rings is 2. The highest BCUT2D eigenvalue weighted by atomic mass is 35.5. The number of amides is 1. The SMILES string of the molecule is CN(C(=O)CC(N)c1ccccc1)C1CCN(Cc2ccccc2)CC1.Cl.Cl. The smallest absolute Gasteiger partial charge is 0.224 e. The molecule has 1 amide bonds. The first-order valence-electron chi connectivity index (χ1n) is 9.46. The van der Waals surface area contributed by atoms with Gasteiger partial charge in [-0.05, 0) is 24.0 Å². The van der Waals surface area contributed by atoms with Crippen LogP contribution in [0.4, 0.5) is 0 Å². The quantitative estimate of drug-likeness (QED) is 0.762. The molecule has 0 bridgehead atoms. The van der Waals surface area contributed by atoms with Gasteiger partial charge >= 0.3 is 0 Å². The molecule has 0 radical (unpaired) electrons. The topological polar surface area (TPSA) is 49.6 Å². The van der Waals surface area contributed by atoms with Gasteiger partial charge in [0, 0.05) is 45.2 Å². The zero-order valence-corrected chi connectivity index (χ0v) is 18.0. The van der Waals surface area contributed by atoms with Crippen LogP contribution in [0, 0.1) is 0 Å². The van der Waals surface area contributed by atoms with Crippen molar-refractivity contribution in [3.05, 3.63) is 71.8 Å². The summed E-state index contributed by atoms with van der Waals surface area (Å²) < 4.78 is 0. The monoisotopic (exact) mass is 423 g/mol. The van der Waals surface area contributed by atoms with Crippen molar-refractivity contribution in [2.45, 2.75) is 37.9 Å². The maximum Gasteiger partial charge on any atom is 0.224 e. The third kappa shape index (κ3) is 6.78. The molecule has 1 unspecified atom stereocenters. The predicted molar refractivity (Wildman–Crippen MR) is 120 cm³/mol. The highest BCUT2D eigenvalue weighted by Gasteiger charge is 2.26. The molecule has 2 aromatic rings. The zero-order chi connectivity index (χ0) is 18.4. The minimum Gasteiger partial charge on any atom is -0.343 e. The maximum atomic E-state index is 12.6. The largest absolute Gasteiger partial charge is 0.343 e. The Kier molecular flexibility index (Phi) is 10.5. The summed E-state index contributed by atoms with van der Waals surface area (Å²) in [4.78, 5) is 17.0. The third-order valence-corrected chi connectivity index (χ3v) is 5.37. The number of halogens is 2. The second-order valence-electron chi connectivity index (χ2n) is 7.22. The predicted octanol–water partition coefficient (Wildman–Crippen LogP) is 4.04. The van der Waals surface area contributed by atoms with E-state index in [1.165, 1.54) is 5.56 Å². The molecule has 2 aromatic carbocycles. The average Bonchev–Trinajstić information content (AvgIpc) is 2.69. The van der Waals surface area contributed by atoms with Gasteiger partial charge in [-0.15, -0.1) is 24.8 Å². The van der Waals surface area contributed by atoms with Gasteiger partial charge in [0.15, 0.2) is 0 Å². The van der Waals surface area contributed by atoms with Crippen LogP contribution < -0.4 is 5.73 Å². The Morgan fingerprint density at radius 1 is 1.04 bits per heavy atom. The summed E-state index contributed by atoms with van der Waals surface area (Å²) in [6, 6.07) is 20.5. The van der Waals surface area contributed by atoms with Gasteiger partial charge in [0.2, 0.25) is 5.91 Å². The van der Waals surface area contributed by atoms with E-state index in [-0.39, 0.29) is 36.8 Å². The van der Waals surface area contributed by atoms with Gasteiger partial charge in [-0.25, -0.2) is 0 Å². The fourth-order valence-electron chi connectivity index (χ4n) is 3.66. The number of hydrogen-bond donors (Lipinski definition) is 1. The summed E-state index contributed by atoms with van der Waals surface area (Å²) in [5.74, 6) is 0.142. The fourth-order valence-corrected chi connectivity index (χ4v) is 3.66. The molecule has 4 nitrogen and oxygen atoms in total. The Morgan fingerprint density at radius 2 is 1.57 bits per heavy atom. The molecule has 6 heteroatoms. The number of piperidine rings is 1. The molecule has 28 heavy (non-hydrogen) atoms. The molecular formula is C22H31Cl2N3O. The van der Waals surface area contributed by atoms with Crippen LogP contribution in [-0.2, 0) is 11.3 Å². The molecule has 154 valence electrons. The first-order chi connectivity index (χ1) is 12.6. The van der Waals surface area contributed by atoms with Gasteiger partial charge in [0.05, 0.1) is 0 Å². The van der Waals surface area contributed by atoms with Crippen LogP contribution in [0.15, 0.2) is 60.7 Å². The molecule has 1 aliphatic rings. The van der Waals surface area contributed by atoms with Crippen molar-refractivity contribution < 1.29 is 4.79 Å². The van der Waals surface area contributed by atoms with Crippen molar-refractivity contribution >= 4 is 30.7 Å². The van der Waals surface area contributed by atoms with Crippen molar-refractivity contribution in [1.82, 2.24) is 9.80 Å². The molecular weight excluding hydrogens is 393 g/mol. The van der Waals surface area contributed by atoms with Crippen molar-refractivity contribution in [3.63, 3.8) is 0 Å². The third-order valence-electron chi connectivity index (χ3n) is 5.37. The molecule has 2 N–H and O–H groups in total. The van der Waals surface area contributed by atoms with E-state index >= 15 is 0 Å². The minimum atomic E-state index is -0.232. The number of nitrogens with zero attached hydrogens (tertiary/aromatic N) is 2. The molecule has 3 rings (SSSR count). The second-order valence-corrected chi connectivity index (χ2v) is 7.22. The first-order valence-corrected chi connectivity index (χ1v) is 9.46. The Labute approximate surface area is 180 Å². The van der Waals surface area contributed by atoms with E-state index in [9.17, 15) is 4.79 Å². The van der Waals surface area contributed by atoms with Gasteiger partial charge in [-0.3, -0.25) is 9.69 Å². The highest BCUT2D eigenvalue weighted by molar-refractivity contribution is 5.85. The molecule has 1 fully saturated rings. The molecule has 1 aliphatic heterocycles. The summed E-state index contributed by atoms with van der Waals surface area (Å²) in [6.07, 6.45) is 2.41. The molecule has 0 aliphatic carbocycles. The lowest BCUT2D eigenvalue weighted by Crippen LogP contribution is -2.45. The molecule has 1 saturated heterocycles. The summed E-state index contributed by atoms with van der Waals surface area (Å²) >= 11 is 0. The summed E-state index contributed by atoms with van der Waals surface area (Å²) in [5.41, 5.74) is 8.59. The number of hydrogen-bond acceptors (Lipinski definition) is 3. The van der Waals surface area contributed by atoms with E-state index in [1.807, 2.05) is 42.3 Å². The lowest BCUT2D eigenvalue weighted by Gasteiger charge is -2.37. The number of likely N-dealkylation sites (tertiary alicyclic amines) is 1. The minimum absolute atomic E-state index is 0. The van der Waals surface area contributed by atoms with Crippen LogP contribution in [0.1, 0.15) is 36.4 Å². The van der Waals surface area contributed by atoms with Crippen LogP contribution in [0.5, 0.6) is 0 Å². The summed E-state index contributed by atoms with van der Waals surface area (Å²) in [6.45, 7) is 3.05. The van der Waals surface area contributed by atoms with Crippen molar-refractivity contribution in [2.75, 3.05) is 20.1 Å². The number of nitrogens with two attached hydrogens (primary N) is 1. The van der Waals surface area contributed by atoms with E-state index in [2.05, 4.69) is 35.2 Å². The van der Waals surface area contributed by atoms with Crippen LogP contribution in [0.25, 0.3) is 0 Å². The van der Waals surface area contributed by atoms with Gasteiger partial charge in [-0.2, -0.15) is 0 Å². The maximum absolute atomic E-state index is 12.6. The Hall–Kier alpha value is -1.59. The number of carbonyl (C=O) groups excluding carboxylic acids is 1. The van der Waals surface area contributed by atoms with Crippen LogP contribution in [-0.4, -0.2) is 41.9 Å². The molecule has 1 heterocycles. The van der Waals surface area contributed by atoms with Crippen LogP contribution in [0.2, 0.25) is 0 Å². The van der Waals surface area contributed by atoms with Gasteiger partial charge in [0.1, 0.15) is 0 Å². The van der Waals surface area contributed by atoms with E-state index in [1.54, 1.807) is 0 Å². The fraction of sp³-hybridized carbons (Fsp3) is 0.409. The lowest BCUT2D eigenvalue weighted by molar-refractivity contribution is -0.133. The molecule has 0 spiro atoms. The molecule has 0 saturated carbocycles. The van der Waals surface area contributed by atoms with E-state index in [0.29, 0.717) is 12.5 Å². The first kappa shape index (κ1) is 24.4. The number of rotatable bonds is 6. The van der Waals surface area contributed by atoms with E-state index < -0.39 is 0 Å². The van der Waals surface area contributed by atoms with Gasteiger partial charge in [-0.1, -0.05) is 60.7 Å². The Morgan fingerprint density at radius 3 is 2.14 bits per heavy atom. The van der Waals surface area contributed by atoms with Crippen molar-refractivity contribution in [1.29, 1.82) is 0 Å². The molecule has 1 atom stereocenters. The Balaban J connectivity index is 0.00000196. The van der Waals surface area contributed by atoms with Crippen LogP contribution in [0.3, 0.4) is 0 Å². The van der Waals surface area contributed by atoms with E-state index in [0.717, 1.165) is 38.0 Å². The van der Waals surface area contributed by atoms with Gasteiger partial charge < -0.3 is 10.6 Å². The zero-order valence-electron chi connectivity index (χ0n) is 16.4. The standard InChI is InChI=1S/C22H29N3O.2ClH/c1-24(22(26)16-21(23)19-10-6-3-7-11-19)20-12-14-25(15-13-20)17-18-8-4-2-5-9-18;;/h2-11,20-21H,12-17,23H2,1H3;2*1H. The van der Waals surface area contributed by atoms with Crippen LogP contribution >= 0.6 is 24.8 Å². The van der Waals surface area contributed by atoms with Gasteiger partial charge in [0.25, 0.3) is 0 Å².